The molecule has 0 saturated carbocycles. The Morgan fingerprint density at radius 1 is 1.34 bits per heavy atom. The normalized spacial score (nSPS) is 11.7. The van der Waals surface area contributed by atoms with Gasteiger partial charge in [0, 0.05) is 51.1 Å². The van der Waals surface area contributed by atoms with Gasteiger partial charge < -0.3 is 19.2 Å². The summed E-state index contributed by atoms with van der Waals surface area (Å²) < 4.78 is 20.6. The SMILES string of the molecule is CCNC(=NCCc1coc(-c2ccc(F)cc2)n1)N(C)Cc1cc(Cl)cn1C. The van der Waals surface area contributed by atoms with Gasteiger partial charge in [0.1, 0.15) is 12.1 Å². The van der Waals surface area contributed by atoms with E-state index in [0.717, 1.165) is 34.5 Å². The molecule has 0 aliphatic carbocycles. The van der Waals surface area contributed by atoms with Crippen LogP contribution in [0.4, 0.5) is 4.39 Å². The molecule has 0 aliphatic heterocycles. The highest BCUT2D eigenvalue weighted by Gasteiger charge is 2.11. The number of nitrogens with zero attached hydrogens (tertiary/aromatic N) is 4. The number of aromatic nitrogens is 2. The molecule has 0 aliphatic rings. The molecule has 2 heterocycles. The third-order valence-electron chi connectivity index (χ3n) is 4.44. The van der Waals surface area contributed by atoms with Crippen molar-refractivity contribution >= 4 is 17.6 Å². The lowest BCUT2D eigenvalue weighted by Gasteiger charge is -2.22. The molecule has 1 N–H and O–H groups in total. The number of hydrogen-bond acceptors (Lipinski definition) is 3. The zero-order chi connectivity index (χ0) is 20.8. The van der Waals surface area contributed by atoms with Crippen molar-refractivity contribution in [1.29, 1.82) is 0 Å². The summed E-state index contributed by atoms with van der Waals surface area (Å²) in [5.41, 5.74) is 2.65. The van der Waals surface area contributed by atoms with Crippen LogP contribution >= 0.6 is 11.6 Å². The fourth-order valence-electron chi connectivity index (χ4n) is 2.93. The highest BCUT2D eigenvalue weighted by Crippen LogP contribution is 2.19. The van der Waals surface area contributed by atoms with E-state index in [9.17, 15) is 4.39 Å². The molecule has 0 saturated heterocycles. The lowest BCUT2D eigenvalue weighted by molar-refractivity contribution is 0.462. The van der Waals surface area contributed by atoms with Gasteiger partial charge in [0.2, 0.25) is 5.89 Å². The first kappa shape index (κ1) is 20.9. The minimum Gasteiger partial charge on any atom is -0.444 e. The molecule has 1 aromatic carbocycles. The quantitative estimate of drug-likeness (QED) is 0.464. The lowest BCUT2D eigenvalue weighted by atomic mass is 10.2. The molecule has 8 heteroatoms. The second kappa shape index (κ2) is 9.60. The van der Waals surface area contributed by atoms with Gasteiger partial charge in [0.05, 0.1) is 17.3 Å². The largest absolute Gasteiger partial charge is 0.444 e. The van der Waals surface area contributed by atoms with Crippen LogP contribution in [0.1, 0.15) is 18.3 Å². The summed E-state index contributed by atoms with van der Waals surface area (Å²) in [5, 5.41) is 4.03. The third-order valence-corrected chi connectivity index (χ3v) is 4.65. The van der Waals surface area contributed by atoms with Crippen LogP contribution in [0.25, 0.3) is 11.5 Å². The Hall–Kier alpha value is -2.80. The van der Waals surface area contributed by atoms with Crippen molar-refractivity contribution in [3.8, 4) is 11.5 Å². The monoisotopic (exact) mass is 417 g/mol. The molecule has 6 nitrogen and oxygen atoms in total. The van der Waals surface area contributed by atoms with E-state index in [2.05, 4.69) is 15.2 Å². The smallest absolute Gasteiger partial charge is 0.226 e. The van der Waals surface area contributed by atoms with Gasteiger partial charge in [-0.05, 0) is 37.3 Å². The predicted molar refractivity (Wildman–Crippen MR) is 113 cm³/mol. The molecular formula is C21H25ClFN5O. The Labute approximate surface area is 175 Å². The maximum atomic E-state index is 13.1. The zero-order valence-electron chi connectivity index (χ0n) is 16.8. The zero-order valence-corrected chi connectivity index (χ0v) is 17.6. The van der Waals surface area contributed by atoms with E-state index in [1.807, 2.05) is 37.8 Å². The molecule has 154 valence electrons. The topological polar surface area (TPSA) is 58.6 Å². The first-order valence-electron chi connectivity index (χ1n) is 9.46. The number of halogens is 2. The van der Waals surface area contributed by atoms with Gasteiger partial charge in [0.15, 0.2) is 5.96 Å². The van der Waals surface area contributed by atoms with Crippen LogP contribution in [0.3, 0.4) is 0 Å². The highest BCUT2D eigenvalue weighted by atomic mass is 35.5. The predicted octanol–water partition coefficient (Wildman–Crippen LogP) is 4.11. The van der Waals surface area contributed by atoms with E-state index < -0.39 is 0 Å². The molecular weight excluding hydrogens is 393 g/mol. The highest BCUT2D eigenvalue weighted by molar-refractivity contribution is 6.30. The Morgan fingerprint density at radius 3 is 2.76 bits per heavy atom. The second-order valence-electron chi connectivity index (χ2n) is 6.75. The molecule has 0 amide bonds. The van der Waals surface area contributed by atoms with E-state index in [1.54, 1.807) is 18.4 Å². The summed E-state index contributed by atoms with van der Waals surface area (Å²) in [4.78, 5) is 11.2. The van der Waals surface area contributed by atoms with E-state index in [1.165, 1.54) is 12.1 Å². The van der Waals surface area contributed by atoms with E-state index in [4.69, 9.17) is 21.0 Å². The minimum atomic E-state index is -0.285. The van der Waals surface area contributed by atoms with Crippen molar-refractivity contribution in [1.82, 2.24) is 19.8 Å². The van der Waals surface area contributed by atoms with Crippen molar-refractivity contribution in [2.45, 2.75) is 19.9 Å². The molecule has 3 rings (SSSR count). The summed E-state index contributed by atoms with van der Waals surface area (Å²) in [7, 11) is 3.97. The molecule has 2 aromatic heterocycles. The van der Waals surface area contributed by atoms with Gasteiger partial charge >= 0.3 is 0 Å². The number of benzene rings is 1. The number of aryl methyl sites for hydroxylation is 1. The van der Waals surface area contributed by atoms with Crippen molar-refractivity contribution in [3.05, 3.63) is 65.0 Å². The summed E-state index contributed by atoms with van der Waals surface area (Å²) in [6, 6.07) is 8.03. The lowest BCUT2D eigenvalue weighted by Crippen LogP contribution is -2.39. The molecule has 0 atom stereocenters. The van der Waals surface area contributed by atoms with Crippen molar-refractivity contribution in [2.75, 3.05) is 20.1 Å². The molecule has 0 bridgehead atoms. The van der Waals surface area contributed by atoms with Crippen LogP contribution in [0.2, 0.25) is 5.02 Å². The van der Waals surface area contributed by atoms with Gasteiger partial charge in [-0.15, -0.1) is 0 Å². The van der Waals surface area contributed by atoms with Gasteiger partial charge in [-0.1, -0.05) is 11.6 Å². The average Bonchev–Trinajstić information content (AvgIpc) is 3.28. The van der Waals surface area contributed by atoms with Crippen molar-refractivity contribution in [3.63, 3.8) is 0 Å². The minimum absolute atomic E-state index is 0.285. The van der Waals surface area contributed by atoms with E-state index in [0.29, 0.717) is 25.4 Å². The fraction of sp³-hybridized carbons (Fsp3) is 0.333. The Kier molecular flexibility index (Phi) is 6.93. The summed E-state index contributed by atoms with van der Waals surface area (Å²) in [5.74, 6) is 1.01. The fourth-order valence-corrected chi connectivity index (χ4v) is 3.21. The van der Waals surface area contributed by atoms with E-state index in [-0.39, 0.29) is 5.82 Å². The standard InChI is InChI=1S/C21H25ClFN5O/c1-4-24-21(28(3)13-19-11-16(22)12-27(19)2)25-10-9-18-14-29-20(26-18)15-5-7-17(23)8-6-15/h5-8,11-12,14H,4,9-10,13H2,1-3H3,(H,24,25). The third kappa shape index (κ3) is 5.60. The average molecular weight is 418 g/mol. The molecule has 0 spiro atoms. The van der Waals surface area contributed by atoms with Crippen LogP contribution in [-0.4, -0.2) is 40.5 Å². The Balaban J connectivity index is 1.61. The van der Waals surface area contributed by atoms with Crippen LogP contribution < -0.4 is 5.32 Å². The van der Waals surface area contributed by atoms with E-state index >= 15 is 0 Å². The molecule has 29 heavy (non-hydrogen) atoms. The maximum Gasteiger partial charge on any atom is 0.226 e. The van der Waals surface area contributed by atoms with Gasteiger partial charge in [-0.25, -0.2) is 9.37 Å². The molecule has 0 unspecified atom stereocenters. The van der Waals surface area contributed by atoms with Crippen LogP contribution in [0, 0.1) is 5.82 Å². The number of rotatable bonds is 7. The van der Waals surface area contributed by atoms with Gasteiger partial charge in [0.25, 0.3) is 0 Å². The summed E-state index contributed by atoms with van der Waals surface area (Å²) in [6.07, 6.45) is 4.15. The van der Waals surface area contributed by atoms with Crippen molar-refractivity contribution < 1.29 is 8.81 Å². The van der Waals surface area contributed by atoms with Crippen LogP contribution in [-0.2, 0) is 20.0 Å². The second-order valence-corrected chi connectivity index (χ2v) is 7.19. The summed E-state index contributed by atoms with van der Waals surface area (Å²) in [6.45, 7) is 4.06. The number of oxazole rings is 1. The first-order chi connectivity index (χ1) is 14.0. The number of nitrogens with one attached hydrogen (secondary N) is 1. The van der Waals surface area contributed by atoms with Gasteiger partial charge in [-0.2, -0.15) is 0 Å². The molecule has 0 radical (unpaired) electrons. The Morgan fingerprint density at radius 2 is 2.10 bits per heavy atom. The van der Waals surface area contributed by atoms with Crippen LogP contribution in [0.15, 0.2) is 52.2 Å². The van der Waals surface area contributed by atoms with Crippen LogP contribution in [0.5, 0.6) is 0 Å². The Bertz CT molecular complexity index is 964. The first-order valence-corrected chi connectivity index (χ1v) is 9.84. The number of aliphatic imine (C=N–C) groups is 1. The molecule has 3 aromatic rings. The summed E-state index contributed by atoms with van der Waals surface area (Å²) >= 11 is 6.08. The molecule has 0 fully saturated rings. The van der Waals surface area contributed by atoms with Crippen molar-refractivity contribution in [2.24, 2.45) is 12.0 Å². The number of guanidine groups is 1. The van der Waals surface area contributed by atoms with Gasteiger partial charge in [-0.3, -0.25) is 4.99 Å². The maximum absolute atomic E-state index is 13.1. The number of hydrogen-bond donors (Lipinski definition) is 1.